The molecular weight excluding hydrogens is 302 g/mol. The molecule has 24 heavy (non-hydrogen) atoms. The van der Waals surface area contributed by atoms with Gasteiger partial charge < -0.3 is 10.2 Å². The van der Waals surface area contributed by atoms with Gasteiger partial charge in [0.15, 0.2) is 0 Å². The first-order valence-electron chi connectivity index (χ1n) is 9.12. The third kappa shape index (κ3) is 2.76. The van der Waals surface area contributed by atoms with Crippen molar-refractivity contribution in [2.24, 2.45) is 0 Å². The molecule has 0 unspecified atom stereocenters. The molecule has 5 heteroatoms. The Balaban J connectivity index is 1.29. The van der Waals surface area contributed by atoms with Crippen LogP contribution in [0.2, 0.25) is 0 Å². The van der Waals surface area contributed by atoms with E-state index in [-0.39, 0.29) is 17.4 Å². The summed E-state index contributed by atoms with van der Waals surface area (Å²) in [5, 5.41) is 3.03. The fourth-order valence-electron chi connectivity index (χ4n) is 4.05. The monoisotopic (exact) mass is 327 g/mol. The zero-order chi connectivity index (χ0) is 16.6. The molecule has 1 aromatic rings. The second-order valence-electron chi connectivity index (χ2n) is 7.31. The minimum absolute atomic E-state index is 0.00352. The fourth-order valence-corrected chi connectivity index (χ4v) is 4.05. The van der Waals surface area contributed by atoms with E-state index in [1.807, 2.05) is 21.9 Å². The molecule has 0 aromatic heterocycles. The van der Waals surface area contributed by atoms with Gasteiger partial charge >= 0.3 is 6.03 Å². The summed E-state index contributed by atoms with van der Waals surface area (Å²) in [4.78, 5) is 28.2. The number of amides is 3. The van der Waals surface area contributed by atoms with Crippen LogP contribution < -0.4 is 10.2 Å². The van der Waals surface area contributed by atoms with E-state index in [0.29, 0.717) is 13.0 Å². The minimum atomic E-state index is -0.00352. The van der Waals surface area contributed by atoms with E-state index in [2.05, 4.69) is 17.4 Å². The molecule has 1 aromatic carbocycles. The first kappa shape index (κ1) is 15.5. The number of nitrogens with one attached hydrogen (secondary N) is 1. The Morgan fingerprint density at radius 1 is 1.21 bits per heavy atom. The maximum Gasteiger partial charge on any atom is 0.321 e. The number of fused-ring (bicyclic) bond motifs is 2. The van der Waals surface area contributed by atoms with Gasteiger partial charge in [0.1, 0.15) is 0 Å². The van der Waals surface area contributed by atoms with Crippen LogP contribution in [0.4, 0.5) is 10.5 Å². The standard InChI is InChI=1S/C19H25N3O2/c23-17-8-3-4-12-21(17)13-5-11-20-18(24)22-14-19(9-10-19)15-6-1-2-7-16(15)22/h1-2,6-7H,3-5,8-14H2,(H,20,24). The molecule has 4 rings (SSSR count). The average molecular weight is 327 g/mol. The molecule has 2 aliphatic heterocycles. The van der Waals surface area contributed by atoms with E-state index >= 15 is 0 Å². The van der Waals surface area contributed by atoms with Crippen molar-refractivity contribution in [3.63, 3.8) is 0 Å². The highest BCUT2D eigenvalue weighted by atomic mass is 16.2. The SMILES string of the molecule is O=C1CCCCN1CCCNC(=O)N1CC2(CC2)c2ccccc21. The Kier molecular flexibility index (Phi) is 3.94. The summed E-state index contributed by atoms with van der Waals surface area (Å²) in [6.45, 7) is 3.05. The molecule has 0 atom stereocenters. The number of anilines is 1. The van der Waals surface area contributed by atoms with Crippen molar-refractivity contribution >= 4 is 17.6 Å². The summed E-state index contributed by atoms with van der Waals surface area (Å²) in [6.07, 6.45) is 5.99. The van der Waals surface area contributed by atoms with Crippen molar-refractivity contribution in [3.8, 4) is 0 Å². The number of piperidine rings is 1. The van der Waals surface area contributed by atoms with Crippen LogP contribution in [0, 0.1) is 0 Å². The molecule has 0 bridgehead atoms. The third-order valence-corrected chi connectivity index (χ3v) is 5.63. The van der Waals surface area contributed by atoms with E-state index in [1.54, 1.807) is 0 Å². The molecule has 1 saturated heterocycles. The van der Waals surface area contributed by atoms with Gasteiger partial charge in [0.05, 0.1) is 0 Å². The Bertz CT molecular complexity index is 654. The highest BCUT2D eigenvalue weighted by Gasteiger charge is 2.52. The van der Waals surface area contributed by atoms with Crippen molar-refractivity contribution in [3.05, 3.63) is 29.8 Å². The molecule has 1 aliphatic carbocycles. The van der Waals surface area contributed by atoms with E-state index < -0.39 is 0 Å². The largest absolute Gasteiger partial charge is 0.343 e. The summed E-state index contributed by atoms with van der Waals surface area (Å²) in [6, 6.07) is 8.28. The summed E-state index contributed by atoms with van der Waals surface area (Å²) in [5.74, 6) is 0.261. The lowest BCUT2D eigenvalue weighted by Gasteiger charge is -2.26. The van der Waals surface area contributed by atoms with Crippen LogP contribution >= 0.6 is 0 Å². The summed E-state index contributed by atoms with van der Waals surface area (Å²) in [7, 11) is 0. The number of likely N-dealkylation sites (tertiary alicyclic amines) is 1. The molecule has 1 spiro atoms. The number of nitrogens with zero attached hydrogens (tertiary/aromatic N) is 2. The maximum atomic E-state index is 12.6. The van der Waals surface area contributed by atoms with Gasteiger partial charge in [-0.25, -0.2) is 4.79 Å². The van der Waals surface area contributed by atoms with Crippen molar-refractivity contribution in [1.29, 1.82) is 0 Å². The van der Waals surface area contributed by atoms with E-state index in [1.165, 1.54) is 18.4 Å². The molecule has 1 saturated carbocycles. The van der Waals surface area contributed by atoms with Gasteiger partial charge in [-0.2, -0.15) is 0 Å². The highest BCUT2D eigenvalue weighted by molar-refractivity contribution is 5.95. The third-order valence-electron chi connectivity index (χ3n) is 5.63. The van der Waals surface area contributed by atoms with Crippen molar-refractivity contribution in [1.82, 2.24) is 10.2 Å². The zero-order valence-electron chi connectivity index (χ0n) is 14.1. The lowest BCUT2D eigenvalue weighted by Crippen LogP contribution is -2.42. The van der Waals surface area contributed by atoms with Gasteiger partial charge in [-0.1, -0.05) is 18.2 Å². The van der Waals surface area contributed by atoms with Gasteiger partial charge in [-0.05, 0) is 43.7 Å². The van der Waals surface area contributed by atoms with Gasteiger partial charge in [0.2, 0.25) is 5.91 Å². The summed E-state index contributed by atoms with van der Waals surface area (Å²) < 4.78 is 0. The molecule has 5 nitrogen and oxygen atoms in total. The first-order chi connectivity index (χ1) is 11.7. The number of para-hydroxylation sites is 1. The molecule has 3 aliphatic rings. The number of carbonyl (C=O) groups is 2. The minimum Gasteiger partial charge on any atom is -0.343 e. The Hall–Kier alpha value is -2.04. The Morgan fingerprint density at radius 3 is 2.83 bits per heavy atom. The van der Waals surface area contributed by atoms with Crippen LogP contribution in [-0.4, -0.2) is 43.0 Å². The van der Waals surface area contributed by atoms with Crippen molar-refractivity contribution in [2.75, 3.05) is 31.1 Å². The Morgan fingerprint density at radius 2 is 2.04 bits per heavy atom. The lowest BCUT2D eigenvalue weighted by molar-refractivity contribution is -0.133. The molecule has 2 fully saturated rings. The van der Waals surface area contributed by atoms with Gasteiger partial charge in [-0.3, -0.25) is 9.69 Å². The number of hydrogen-bond donors (Lipinski definition) is 1. The summed E-state index contributed by atoms with van der Waals surface area (Å²) >= 11 is 0. The van der Waals surface area contributed by atoms with Gasteiger partial charge in [0, 0.05) is 43.7 Å². The van der Waals surface area contributed by atoms with E-state index in [9.17, 15) is 9.59 Å². The lowest BCUT2D eigenvalue weighted by atomic mass is 9.99. The van der Waals surface area contributed by atoms with E-state index in [4.69, 9.17) is 0 Å². The molecule has 3 amide bonds. The van der Waals surface area contributed by atoms with Crippen LogP contribution in [0.15, 0.2) is 24.3 Å². The topological polar surface area (TPSA) is 52.7 Å². The fraction of sp³-hybridized carbons (Fsp3) is 0.579. The number of rotatable bonds is 4. The average Bonchev–Trinajstić information content (AvgIpc) is 3.30. The van der Waals surface area contributed by atoms with Crippen LogP contribution in [0.5, 0.6) is 0 Å². The van der Waals surface area contributed by atoms with Crippen molar-refractivity contribution < 1.29 is 9.59 Å². The number of carbonyl (C=O) groups excluding carboxylic acids is 2. The van der Waals surface area contributed by atoms with Gasteiger partial charge in [-0.15, -0.1) is 0 Å². The molecule has 2 heterocycles. The highest BCUT2D eigenvalue weighted by Crippen LogP contribution is 2.56. The predicted octanol–water partition coefficient (Wildman–Crippen LogP) is 2.65. The predicted molar refractivity (Wildman–Crippen MR) is 93.1 cm³/mol. The second-order valence-corrected chi connectivity index (χ2v) is 7.31. The van der Waals surface area contributed by atoms with Crippen LogP contribution in [0.3, 0.4) is 0 Å². The molecule has 1 N–H and O–H groups in total. The van der Waals surface area contributed by atoms with Crippen LogP contribution in [0.25, 0.3) is 0 Å². The van der Waals surface area contributed by atoms with Gasteiger partial charge in [0.25, 0.3) is 0 Å². The number of hydrogen-bond acceptors (Lipinski definition) is 2. The quantitative estimate of drug-likeness (QED) is 0.865. The number of benzene rings is 1. The second kappa shape index (κ2) is 6.11. The molecule has 0 radical (unpaired) electrons. The van der Waals surface area contributed by atoms with E-state index in [0.717, 1.165) is 44.6 Å². The zero-order valence-corrected chi connectivity index (χ0v) is 14.1. The maximum absolute atomic E-state index is 12.6. The first-order valence-corrected chi connectivity index (χ1v) is 9.12. The van der Waals surface area contributed by atoms with Crippen LogP contribution in [0.1, 0.15) is 44.1 Å². The van der Waals surface area contributed by atoms with Crippen LogP contribution in [-0.2, 0) is 10.2 Å². The normalized spacial score (nSPS) is 21.1. The molecular formula is C19H25N3O2. The smallest absolute Gasteiger partial charge is 0.321 e. The van der Waals surface area contributed by atoms with Crippen molar-refractivity contribution in [2.45, 2.75) is 43.9 Å². The summed E-state index contributed by atoms with van der Waals surface area (Å²) in [5.41, 5.74) is 2.63. The number of urea groups is 1. The Labute approximate surface area is 143 Å². The molecule has 128 valence electrons.